The summed E-state index contributed by atoms with van der Waals surface area (Å²) in [5.41, 5.74) is 8.31. The number of rotatable bonds is 3. The Hall–Kier alpha value is -2.03. The van der Waals surface area contributed by atoms with Gasteiger partial charge in [-0.25, -0.2) is 4.39 Å². The number of anilines is 2. The van der Waals surface area contributed by atoms with Crippen LogP contribution in [0.3, 0.4) is 0 Å². The third-order valence-corrected chi connectivity index (χ3v) is 2.67. The monoisotopic (exact) mass is 230 g/mol. The second-order valence-electron chi connectivity index (χ2n) is 4.04. The molecular weight excluding hydrogens is 215 g/mol. The maximum Gasteiger partial charge on any atom is 0.125 e. The summed E-state index contributed by atoms with van der Waals surface area (Å²) in [6.45, 7) is 0.703. The van der Waals surface area contributed by atoms with Crippen molar-refractivity contribution in [2.75, 3.05) is 17.7 Å². The highest BCUT2D eigenvalue weighted by Crippen LogP contribution is 2.24. The fraction of sp³-hybridized carbons (Fsp3) is 0.143. The summed E-state index contributed by atoms with van der Waals surface area (Å²) in [6.07, 6.45) is 0. The number of nitrogens with two attached hydrogens (primary N) is 1. The van der Waals surface area contributed by atoms with Gasteiger partial charge in [-0.1, -0.05) is 30.3 Å². The zero-order valence-corrected chi connectivity index (χ0v) is 9.73. The van der Waals surface area contributed by atoms with Crippen LogP contribution in [0.4, 0.5) is 15.8 Å². The molecule has 0 amide bonds. The Labute approximate surface area is 100 Å². The summed E-state index contributed by atoms with van der Waals surface area (Å²) in [7, 11) is 1.90. The van der Waals surface area contributed by atoms with E-state index in [9.17, 15) is 4.39 Å². The highest BCUT2D eigenvalue weighted by Gasteiger charge is 2.07. The number of halogens is 1. The molecule has 0 saturated carbocycles. The van der Waals surface area contributed by atoms with Gasteiger partial charge in [0.2, 0.25) is 0 Å². The predicted octanol–water partition coefficient (Wildman–Crippen LogP) is 3.04. The molecule has 3 heteroatoms. The molecule has 17 heavy (non-hydrogen) atoms. The minimum absolute atomic E-state index is 0.269. The summed E-state index contributed by atoms with van der Waals surface area (Å²) < 4.78 is 13.2. The molecule has 0 saturated heterocycles. The molecule has 0 radical (unpaired) electrons. The van der Waals surface area contributed by atoms with Crippen molar-refractivity contribution in [3.8, 4) is 0 Å². The number of nitrogen functional groups attached to an aromatic ring is 1. The van der Waals surface area contributed by atoms with Crippen LogP contribution in [0.15, 0.2) is 48.5 Å². The Kier molecular flexibility index (Phi) is 3.28. The summed E-state index contributed by atoms with van der Waals surface area (Å²) in [6, 6.07) is 14.4. The fourth-order valence-electron chi connectivity index (χ4n) is 1.79. The van der Waals surface area contributed by atoms with E-state index >= 15 is 0 Å². The Morgan fingerprint density at radius 2 is 1.82 bits per heavy atom. The Morgan fingerprint density at radius 1 is 1.12 bits per heavy atom. The summed E-state index contributed by atoms with van der Waals surface area (Å²) in [5.74, 6) is -0.269. The topological polar surface area (TPSA) is 29.3 Å². The molecule has 2 rings (SSSR count). The zero-order valence-electron chi connectivity index (χ0n) is 9.73. The maximum atomic E-state index is 13.2. The number of benzene rings is 2. The molecule has 2 aromatic carbocycles. The Bertz CT molecular complexity index is 497. The van der Waals surface area contributed by atoms with Crippen molar-refractivity contribution < 1.29 is 4.39 Å². The van der Waals surface area contributed by atoms with Crippen LogP contribution >= 0.6 is 0 Å². The molecule has 2 N–H and O–H groups in total. The van der Waals surface area contributed by atoms with Crippen LogP contribution in [-0.4, -0.2) is 7.05 Å². The predicted molar refractivity (Wildman–Crippen MR) is 69.4 cm³/mol. The van der Waals surface area contributed by atoms with Crippen LogP contribution in [0, 0.1) is 5.82 Å². The molecule has 88 valence electrons. The molecule has 0 spiro atoms. The zero-order chi connectivity index (χ0) is 12.3. The molecule has 2 aromatic rings. The molecule has 0 atom stereocenters. The van der Waals surface area contributed by atoms with Crippen molar-refractivity contribution in [2.24, 2.45) is 0 Å². The van der Waals surface area contributed by atoms with Gasteiger partial charge in [0.15, 0.2) is 0 Å². The van der Waals surface area contributed by atoms with Crippen LogP contribution in [0.25, 0.3) is 0 Å². The molecule has 0 heterocycles. The van der Waals surface area contributed by atoms with E-state index in [1.54, 1.807) is 6.07 Å². The average Bonchev–Trinajstić information content (AvgIpc) is 2.33. The van der Waals surface area contributed by atoms with E-state index in [1.165, 1.54) is 17.7 Å². The lowest BCUT2D eigenvalue weighted by Crippen LogP contribution is -2.17. The van der Waals surface area contributed by atoms with Crippen LogP contribution < -0.4 is 10.6 Å². The van der Waals surface area contributed by atoms with E-state index in [-0.39, 0.29) is 5.82 Å². The molecule has 0 aromatic heterocycles. The fourth-order valence-corrected chi connectivity index (χ4v) is 1.79. The maximum absolute atomic E-state index is 13.2. The van der Waals surface area contributed by atoms with Gasteiger partial charge in [-0.05, 0) is 23.8 Å². The van der Waals surface area contributed by atoms with Crippen molar-refractivity contribution in [2.45, 2.75) is 6.54 Å². The lowest BCUT2D eigenvalue weighted by molar-refractivity contribution is 0.627. The van der Waals surface area contributed by atoms with E-state index in [4.69, 9.17) is 5.73 Å². The number of nitrogens with zero attached hydrogens (tertiary/aromatic N) is 1. The van der Waals surface area contributed by atoms with Crippen LogP contribution in [-0.2, 0) is 6.54 Å². The van der Waals surface area contributed by atoms with Crippen LogP contribution in [0.2, 0.25) is 0 Å². The average molecular weight is 230 g/mol. The molecule has 0 aliphatic rings. The summed E-state index contributed by atoms with van der Waals surface area (Å²) in [4.78, 5) is 1.94. The lowest BCUT2D eigenvalue weighted by Gasteiger charge is -2.21. The SMILES string of the molecule is CN(Cc1ccccc1)c1cc(F)ccc1N. The van der Waals surface area contributed by atoms with Gasteiger partial charge in [0, 0.05) is 13.6 Å². The lowest BCUT2D eigenvalue weighted by atomic mass is 10.2. The van der Waals surface area contributed by atoms with Crippen LogP contribution in [0.1, 0.15) is 5.56 Å². The smallest absolute Gasteiger partial charge is 0.125 e. The van der Waals surface area contributed by atoms with Gasteiger partial charge in [0.05, 0.1) is 11.4 Å². The molecule has 0 aliphatic heterocycles. The minimum Gasteiger partial charge on any atom is -0.397 e. The van der Waals surface area contributed by atoms with E-state index < -0.39 is 0 Å². The van der Waals surface area contributed by atoms with Crippen LogP contribution in [0.5, 0.6) is 0 Å². The van der Waals surface area contributed by atoms with Gasteiger partial charge in [0.1, 0.15) is 5.82 Å². The van der Waals surface area contributed by atoms with Crippen molar-refractivity contribution in [1.82, 2.24) is 0 Å². The Balaban J connectivity index is 2.20. The third kappa shape index (κ3) is 2.75. The van der Waals surface area contributed by atoms with E-state index in [0.717, 1.165) is 0 Å². The van der Waals surface area contributed by atoms with E-state index in [1.807, 2.05) is 42.3 Å². The van der Waals surface area contributed by atoms with Crippen molar-refractivity contribution in [3.63, 3.8) is 0 Å². The molecular formula is C14H15FN2. The molecule has 2 nitrogen and oxygen atoms in total. The number of hydrogen-bond donors (Lipinski definition) is 1. The standard InChI is InChI=1S/C14H15FN2/c1-17(10-11-5-3-2-4-6-11)14-9-12(15)7-8-13(14)16/h2-9H,10,16H2,1H3. The summed E-state index contributed by atoms with van der Waals surface area (Å²) in [5, 5.41) is 0. The third-order valence-electron chi connectivity index (χ3n) is 2.67. The highest BCUT2D eigenvalue weighted by atomic mass is 19.1. The first kappa shape index (κ1) is 11.5. The van der Waals surface area contributed by atoms with Gasteiger partial charge in [0.25, 0.3) is 0 Å². The normalized spacial score (nSPS) is 10.2. The van der Waals surface area contributed by atoms with Gasteiger partial charge in [-0.3, -0.25) is 0 Å². The molecule has 0 unspecified atom stereocenters. The molecule has 0 fully saturated rings. The van der Waals surface area contributed by atoms with E-state index in [2.05, 4.69) is 0 Å². The minimum atomic E-state index is -0.269. The first-order valence-corrected chi connectivity index (χ1v) is 5.47. The largest absolute Gasteiger partial charge is 0.397 e. The highest BCUT2D eigenvalue weighted by molar-refractivity contribution is 5.67. The first-order valence-electron chi connectivity index (χ1n) is 5.47. The molecule has 0 bridgehead atoms. The van der Waals surface area contributed by atoms with Crippen molar-refractivity contribution >= 4 is 11.4 Å². The number of hydrogen-bond acceptors (Lipinski definition) is 2. The van der Waals surface area contributed by atoms with Crippen molar-refractivity contribution in [1.29, 1.82) is 0 Å². The van der Waals surface area contributed by atoms with Gasteiger partial charge in [-0.2, -0.15) is 0 Å². The van der Waals surface area contributed by atoms with Gasteiger partial charge >= 0.3 is 0 Å². The van der Waals surface area contributed by atoms with Gasteiger partial charge in [-0.15, -0.1) is 0 Å². The first-order chi connectivity index (χ1) is 8.16. The second kappa shape index (κ2) is 4.87. The van der Waals surface area contributed by atoms with E-state index in [0.29, 0.717) is 17.9 Å². The van der Waals surface area contributed by atoms with Crippen molar-refractivity contribution in [3.05, 3.63) is 59.9 Å². The summed E-state index contributed by atoms with van der Waals surface area (Å²) >= 11 is 0. The second-order valence-corrected chi connectivity index (χ2v) is 4.04. The molecule has 0 aliphatic carbocycles. The Morgan fingerprint density at radius 3 is 2.53 bits per heavy atom. The quantitative estimate of drug-likeness (QED) is 0.821. The van der Waals surface area contributed by atoms with Gasteiger partial charge < -0.3 is 10.6 Å².